The van der Waals surface area contributed by atoms with Crippen LogP contribution in [0.2, 0.25) is 0 Å². The van der Waals surface area contributed by atoms with Crippen LogP contribution in [-0.2, 0) is 11.6 Å². The number of alkyl halides is 3. The Labute approximate surface area is 163 Å². The summed E-state index contributed by atoms with van der Waals surface area (Å²) in [5.74, 6) is 0.323. The summed E-state index contributed by atoms with van der Waals surface area (Å²) in [6.07, 6.45) is 4.43. The number of benzene rings is 1. The number of carbonyl (C=O) groups excluding carboxylic acids is 1. The molecule has 2 aliphatic heterocycles. The number of aldehydes is 1. The molecule has 2 saturated carbocycles. The summed E-state index contributed by atoms with van der Waals surface area (Å²) in [6.45, 7) is 2.02. The summed E-state index contributed by atoms with van der Waals surface area (Å²) in [7, 11) is 0. The zero-order valence-electron chi connectivity index (χ0n) is 16.0. The minimum absolute atomic E-state index is 0.0528. The minimum atomic E-state index is -4.39. The van der Waals surface area contributed by atoms with Crippen molar-refractivity contribution >= 4 is 6.29 Å². The Balaban J connectivity index is 1.60. The largest absolute Gasteiger partial charge is 0.416 e. The van der Waals surface area contributed by atoms with E-state index in [2.05, 4.69) is 10.6 Å². The van der Waals surface area contributed by atoms with Crippen LogP contribution in [0, 0.1) is 5.92 Å². The van der Waals surface area contributed by atoms with E-state index in [1.165, 1.54) is 12.1 Å². The van der Waals surface area contributed by atoms with Gasteiger partial charge in [-0.1, -0.05) is 6.07 Å². The first-order valence-electron chi connectivity index (χ1n) is 10.5. The number of halogens is 3. The molecule has 2 saturated heterocycles. The van der Waals surface area contributed by atoms with Crippen molar-refractivity contribution in [1.82, 2.24) is 10.6 Å². The highest BCUT2D eigenvalue weighted by Crippen LogP contribution is 2.60. The van der Waals surface area contributed by atoms with E-state index in [0.717, 1.165) is 76.8 Å². The maximum absolute atomic E-state index is 13.5. The van der Waals surface area contributed by atoms with Gasteiger partial charge in [-0.3, -0.25) is 4.79 Å². The molecule has 2 spiro atoms. The number of nitrogens with one attached hydrogen (secondary N) is 2. The van der Waals surface area contributed by atoms with Crippen molar-refractivity contribution < 1.29 is 18.0 Å². The first-order valence-corrected chi connectivity index (χ1v) is 10.5. The fourth-order valence-electron chi connectivity index (χ4n) is 6.61. The molecule has 4 atom stereocenters. The Morgan fingerprint density at radius 3 is 2.21 bits per heavy atom. The van der Waals surface area contributed by atoms with E-state index in [4.69, 9.17) is 0 Å². The summed E-state index contributed by atoms with van der Waals surface area (Å²) in [4.78, 5) is 11.8. The van der Waals surface area contributed by atoms with E-state index >= 15 is 0 Å². The number of rotatable bonds is 3. The van der Waals surface area contributed by atoms with Gasteiger partial charge >= 0.3 is 6.18 Å². The summed E-state index contributed by atoms with van der Waals surface area (Å²) in [5, 5.41) is 7.16. The molecule has 2 N–H and O–H groups in total. The molecule has 152 valence electrons. The van der Waals surface area contributed by atoms with Gasteiger partial charge in [-0.25, -0.2) is 0 Å². The van der Waals surface area contributed by atoms with Crippen LogP contribution in [0.1, 0.15) is 72.9 Å². The van der Waals surface area contributed by atoms with Gasteiger partial charge in [0, 0.05) is 22.1 Å². The maximum Gasteiger partial charge on any atom is 0.416 e. The van der Waals surface area contributed by atoms with Gasteiger partial charge in [-0.05, 0) is 88.1 Å². The van der Waals surface area contributed by atoms with Crippen molar-refractivity contribution in [1.29, 1.82) is 0 Å². The second-order valence-corrected chi connectivity index (χ2v) is 9.60. The molecule has 0 amide bonds. The third-order valence-corrected chi connectivity index (χ3v) is 8.34. The van der Waals surface area contributed by atoms with Crippen LogP contribution in [-0.4, -0.2) is 30.5 Å². The lowest BCUT2D eigenvalue weighted by Gasteiger charge is -2.46. The smallest absolute Gasteiger partial charge is 0.311 e. The molecule has 0 radical (unpaired) electrons. The average molecular weight is 392 g/mol. The molecule has 1 aromatic carbocycles. The number of carbonyl (C=O) groups is 1. The van der Waals surface area contributed by atoms with Crippen LogP contribution in [0.25, 0.3) is 0 Å². The lowest BCUT2D eigenvalue weighted by atomic mass is 9.64. The minimum Gasteiger partial charge on any atom is -0.311 e. The van der Waals surface area contributed by atoms with Gasteiger partial charge < -0.3 is 10.6 Å². The lowest BCUT2D eigenvalue weighted by Crippen LogP contribution is -2.57. The molecule has 2 heterocycles. The van der Waals surface area contributed by atoms with E-state index in [9.17, 15) is 18.0 Å². The normalized spacial score (nSPS) is 39.9. The summed E-state index contributed by atoms with van der Waals surface area (Å²) < 4.78 is 40.5. The fourth-order valence-corrected chi connectivity index (χ4v) is 6.61. The van der Waals surface area contributed by atoms with E-state index < -0.39 is 11.7 Å². The molecule has 4 aliphatic rings. The Kier molecular flexibility index (Phi) is 4.02. The predicted molar refractivity (Wildman–Crippen MR) is 100 cm³/mol. The third kappa shape index (κ3) is 2.67. The maximum atomic E-state index is 13.5. The van der Waals surface area contributed by atoms with Gasteiger partial charge in [0.2, 0.25) is 0 Å². The Hall–Kier alpha value is -1.40. The van der Waals surface area contributed by atoms with Gasteiger partial charge in [0.15, 0.2) is 0 Å². The van der Waals surface area contributed by atoms with Crippen LogP contribution < -0.4 is 10.6 Å². The molecule has 28 heavy (non-hydrogen) atoms. The topological polar surface area (TPSA) is 41.1 Å². The van der Waals surface area contributed by atoms with Gasteiger partial charge in [0.25, 0.3) is 0 Å². The number of hydrogen-bond donors (Lipinski definition) is 2. The highest BCUT2D eigenvalue weighted by atomic mass is 19.4. The quantitative estimate of drug-likeness (QED) is 0.758. The first kappa shape index (κ1) is 18.6. The van der Waals surface area contributed by atoms with E-state index in [1.54, 1.807) is 0 Å². The molecular formula is C22H27F3N2O. The zero-order chi connectivity index (χ0) is 19.6. The Morgan fingerprint density at radius 1 is 1.00 bits per heavy atom. The second-order valence-electron chi connectivity index (χ2n) is 9.60. The number of hydrogen-bond acceptors (Lipinski definition) is 3. The van der Waals surface area contributed by atoms with Gasteiger partial charge in [0.1, 0.15) is 6.29 Å². The van der Waals surface area contributed by atoms with E-state index in [1.807, 2.05) is 0 Å². The van der Waals surface area contributed by atoms with Crippen LogP contribution in [0.15, 0.2) is 18.2 Å². The Morgan fingerprint density at radius 2 is 1.71 bits per heavy atom. The zero-order valence-corrected chi connectivity index (χ0v) is 16.0. The fraction of sp³-hybridized carbons (Fsp3) is 0.682. The predicted octanol–water partition coefficient (Wildman–Crippen LogP) is 4.20. The average Bonchev–Trinajstić information content (AvgIpc) is 3.23. The second kappa shape index (κ2) is 6.05. The van der Waals surface area contributed by atoms with Crippen molar-refractivity contribution in [2.75, 3.05) is 13.1 Å². The molecule has 6 heteroatoms. The van der Waals surface area contributed by atoms with E-state index in [0.29, 0.717) is 17.0 Å². The van der Waals surface area contributed by atoms with E-state index in [-0.39, 0.29) is 16.5 Å². The first-order chi connectivity index (χ1) is 13.3. The molecule has 3 nitrogen and oxygen atoms in total. The highest BCUT2D eigenvalue weighted by Gasteiger charge is 2.59. The monoisotopic (exact) mass is 392 g/mol. The summed E-state index contributed by atoms with van der Waals surface area (Å²) in [5.41, 5.74) is 0.340. The molecule has 4 unspecified atom stereocenters. The van der Waals surface area contributed by atoms with Crippen LogP contribution in [0.3, 0.4) is 0 Å². The van der Waals surface area contributed by atoms with Crippen molar-refractivity contribution in [3.8, 4) is 0 Å². The van der Waals surface area contributed by atoms with Crippen LogP contribution in [0.4, 0.5) is 13.2 Å². The van der Waals surface area contributed by atoms with Crippen molar-refractivity contribution in [2.45, 2.75) is 74.0 Å². The molecule has 1 aromatic rings. The van der Waals surface area contributed by atoms with Crippen molar-refractivity contribution in [2.24, 2.45) is 5.92 Å². The molecule has 0 aromatic heterocycles. The standard InChI is InChI=1S/C22H27F3N2O/c23-22(24,25)16-2-1-15(13-28)18(11-16)21(6-5-20(14-21)8-10-27-20)17-3-4-19(12-17)7-9-26-19/h1-2,11,13,17,26-27H,3-10,12,14H2. The SMILES string of the molecule is O=Cc1ccc(C(F)(F)F)cc1C1(C2CCC3(CCN3)C2)CCC2(CCN2)C1. The van der Waals surface area contributed by atoms with Crippen LogP contribution in [0.5, 0.6) is 0 Å². The molecule has 0 bridgehead atoms. The molecular weight excluding hydrogens is 365 g/mol. The molecule has 2 aliphatic carbocycles. The van der Waals surface area contributed by atoms with Gasteiger partial charge in [-0.2, -0.15) is 13.2 Å². The van der Waals surface area contributed by atoms with Gasteiger partial charge in [0.05, 0.1) is 5.56 Å². The lowest BCUT2D eigenvalue weighted by molar-refractivity contribution is -0.137. The van der Waals surface area contributed by atoms with Crippen molar-refractivity contribution in [3.05, 3.63) is 34.9 Å². The summed E-state index contributed by atoms with van der Waals surface area (Å²) >= 11 is 0. The molecule has 5 rings (SSSR count). The van der Waals surface area contributed by atoms with Crippen molar-refractivity contribution in [3.63, 3.8) is 0 Å². The van der Waals surface area contributed by atoms with Crippen LogP contribution >= 0.6 is 0 Å². The third-order valence-electron chi connectivity index (χ3n) is 8.34. The van der Waals surface area contributed by atoms with Gasteiger partial charge in [-0.15, -0.1) is 0 Å². The highest BCUT2D eigenvalue weighted by molar-refractivity contribution is 5.78. The molecule has 4 fully saturated rings. The Bertz CT molecular complexity index is 797. The summed E-state index contributed by atoms with van der Waals surface area (Å²) in [6, 6.07) is 3.73.